The summed E-state index contributed by atoms with van der Waals surface area (Å²) in [4.78, 5) is 10.7. The summed E-state index contributed by atoms with van der Waals surface area (Å²) in [6.07, 6.45) is 7.06. The Bertz CT molecular complexity index is 338. The molecular weight excluding hydrogens is 218 g/mol. The maximum atomic E-state index is 9.06. The summed E-state index contributed by atoms with van der Waals surface area (Å²) in [5.74, 6) is 5.79. The minimum Gasteiger partial charge on any atom is -0.395 e. The molecule has 1 aromatic heterocycles. The molecule has 0 spiro atoms. The van der Waals surface area contributed by atoms with Crippen molar-refractivity contribution in [3.63, 3.8) is 0 Å². The molecule has 1 aromatic rings. The number of hydrogen-bond donors (Lipinski definition) is 3. The van der Waals surface area contributed by atoms with E-state index in [-0.39, 0.29) is 6.61 Å². The van der Waals surface area contributed by atoms with Crippen LogP contribution in [0.25, 0.3) is 0 Å². The third kappa shape index (κ3) is 3.12. The fraction of sp³-hybridized carbons (Fsp3) is 0.636. The Morgan fingerprint density at radius 1 is 1.41 bits per heavy atom. The summed E-state index contributed by atoms with van der Waals surface area (Å²) in [5.41, 5.74) is 3.36. The standard InChI is InChI=1S/C11H19N5O/c12-15-11-7-13-9(6-14-11)8-16(4-5-17)10-2-1-3-10/h6-7,10,17H,1-5,8,12H2,(H,14,15). The van der Waals surface area contributed by atoms with Crippen LogP contribution in [-0.4, -0.2) is 39.2 Å². The number of aromatic nitrogens is 2. The van der Waals surface area contributed by atoms with Gasteiger partial charge < -0.3 is 10.5 Å². The zero-order valence-electron chi connectivity index (χ0n) is 9.84. The molecule has 2 rings (SSSR count). The largest absolute Gasteiger partial charge is 0.395 e. The average Bonchev–Trinajstić information content (AvgIpc) is 2.28. The molecule has 4 N–H and O–H groups in total. The van der Waals surface area contributed by atoms with Crippen LogP contribution >= 0.6 is 0 Å². The number of rotatable bonds is 6. The van der Waals surface area contributed by atoms with Crippen LogP contribution in [0.1, 0.15) is 25.0 Å². The van der Waals surface area contributed by atoms with Gasteiger partial charge in [-0.3, -0.25) is 9.88 Å². The number of nitrogens with zero attached hydrogens (tertiary/aromatic N) is 3. The quantitative estimate of drug-likeness (QED) is 0.481. The molecule has 1 aliphatic carbocycles. The molecule has 0 aliphatic heterocycles. The lowest BCUT2D eigenvalue weighted by atomic mass is 9.91. The third-order valence-electron chi connectivity index (χ3n) is 3.20. The number of anilines is 1. The van der Waals surface area contributed by atoms with Crippen LogP contribution in [0.2, 0.25) is 0 Å². The van der Waals surface area contributed by atoms with Crippen molar-refractivity contribution in [2.45, 2.75) is 31.8 Å². The molecule has 6 nitrogen and oxygen atoms in total. The van der Waals surface area contributed by atoms with Crippen molar-refractivity contribution in [1.82, 2.24) is 14.9 Å². The molecule has 0 bridgehead atoms. The molecule has 6 heteroatoms. The number of aliphatic hydroxyl groups is 1. The lowest BCUT2D eigenvalue weighted by Gasteiger charge is -2.36. The Balaban J connectivity index is 1.95. The number of aliphatic hydroxyl groups excluding tert-OH is 1. The maximum absolute atomic E-state index is 9.06. The molecule has 0 unspecified atom stereocenters. The van der Waals surface area contributed by atoms with E-state index >= 15 is 0 Å². The highest BCUT2D eigenvalue weighted by Crippen LogP contribution is 2.25. The van der Waals surface area contributed by atoms with E-state index in [9.17, 15) is 0 Å². The van der Waals surface area contributed by atoms with Gasteiger partial charge in [-0.05, 0) is 12.8 Å². The summed E-state index contributed by atoms with van der Waals surface area (Å²) >= 11 is 0. The lowest BCUT2D eigenvalue weighted by Crippen LogP contribution is -2.41. The Morgan fingerprint density at radius 2 is 2.24 bits per heavy atom. The van der Waals surface area contributed by atoms with Gasteiger partial charge in [0.05, 0.1) is 24.7 Å². The molecule has 1 aliphatic rings. The third-order valence-corrected chi connectivity index (χ3v) is 3.20. The van der Waals surface area contributed by atoms with Crippen molar-refractivity contribution in [2.24, 2.45) is 5.84 Å². The Labute approximate surface area is 101 Å². The molecule has 0 amide bonds. The molecule has 1 fully saturated rings. The molecule has 0 radical (unpaired) electrons. The Hall–Kier alpha value is -1.24. The van der Waals surface area contributed by atoms with E-state index in [1.807, 2.05) is 0 Å². The van der Waals surface area contributed by atoms with Gasteiger partial charge in [-0.1, -0.05) is 6.42 Å². The topological polar surface area (TPSA) is 87.3 Å². The monoisotopic (exact) mass is 237 g/mol. The summed E-state index contributed by atoms with van der Waals surface area (Å²) in [6.45, 7) is 1.62. The van der Waals surface area contributed by atoms with Gasteiger partial charge in [-0.15, -0.1) is 0 Å². The molecular formula is C11H19N5O. The van der Waals surface area contributed by atoms with Gasteiger partial charge in [0, 0.05) is 19.1 Å². The van der Waals surface area contributed by atoms with Crippen molar-refractivity contribution in [2.75, 3.05) is 18.6 Å². The van der Waals surface area contributed by atoms with Crippen LogP contribution in [0.5, 0.6) is 0 Å². The van der Waals surface area contributed by atoms with E-state index in [1.165, 1.54) is 19.3 Å². The van der Waals surface area contributed by atoms with Gasteiger partial charge in [-0.2, -0.15) is 0 Å². The second-order valence-electron chi connectivity index (χ2n) is 4.32. The minimum atomic E-state index is 0.187. The molecule has 94 valence electrons. The number of nitrogens with one attached hydrogen (secondary N) is 1. The second kappa shape index (κ2) is 5.90. The van der Waals surface area contributed by atoms with Crippen LogP contribution < -0.4 is 11.3 Å². The highest BCUT2D eigenvalue weighted by molar-refractivity contribution is 5.28. The van der Waals surface area contributed by atoms with Crippen LogP contribution in [-0.2, 0) is 6.54 Å². The van der Waals surface area contributed by atoms with Crippen molar-refractivity contribution < 1.29 is 5.11 Å². The van der Waals surface area contributed by atoms with Crippen molar-refractivity contribution in [3.8, 4) is 0 Å². The Morgan fingerprint density at radius 3 is 2.71 bits per heavy atom. The first kappa shape index (κ1) is 12.2. The predicted molar refractivity (Wildman–Crippen MR) is 65.0 cm³/mol. The molecule has 17 heavy (non-hydrogen) atoms. The van der Waals surface area contributed by atoms with Crippen molar-refractivity contribution >= 4 is 5.82 Å². The second-order valence-corrected chi connectivity index (χ2v) is 4.32. The zero-order valence-corrected chi connectivity index (χ0v) is 9.84. The number of nitrogen functional groups attached to an aromatic ring is 1. The van der Waals surface area contributed by atoms with Crippen molar-refractivity contribution in [1.29, 1.82) is 0 Å². The van der Waals surface area contributed by atoms with Crippen LogP contribution in [0, 0.1) is 0 Å². The molecule has 1 heterocycles. The fourth-order valence-electron chi connectivity index (χ4n) is 1.99. The highest BCUT2D eigenvalue weighted by Gasteiger charge is 2.24. The van der Waals surface area contributed by atoms with E-state index in [0.717, 1.165) is 12.2 Å². The van der Waals surface area contributed by atoms with Crippen LogP contribution in [0.4, 0.5) is 5.82 Å². The fourth-order valence-corrected chi connectivity index (χ4v) is 1.99. The average molecular weight is 237 g/mol. The van der Waals surface area contributed by atoms with E-state index in [1.54, 1.807) is 12.4 Å². The van der Waals surface area contributed by atoms with Crippen LogP contribution in [0.15, 0.2) is 12.4 Å². The van der Waals surface area contributed by atoms with Crippen LogP contribution in [0.3, 0.4) is 0 Å². The van der Waals surface area contributed by atoms with Crippen molar-refractivity contribution in [3.05, 3.63) is 18.1 Å². The van der Waals surface area contributed by atoms with E-state index in [2.05, 4.69) is 20.3 Å². The van der Waals surface area contributed by atoms with Gasteiger partial charge in [-0.25, -0.2) is 10.8 Å². The van der Waals surface area contributed by atoms with Gasteiger partial charge in [0.2, 0.25) is 0 Å². The van der Waals surface area contributed by atoms with Gasteiger partial charge in [0.25, 0.3) is 0 Å². The summed E-state index contributed by atoms with van der Waals surface area (Å²) in [5, 5.41) is 9.06. The molecule has 1 saturated carbocycles. The highest BCUT2D eigenvalue weighted by atomic mass is 16.3. The number of hydrazine groups is 1. The van der Waals surface area contributed by atoms with Gasteiger partial charge in [0.15, 0.2) is 5.82 Å². The van der Waals surface area contributed by atoms with E-state index in [0.29, 0.717) is 18.4 Å². The summed E-state index contributed by atoms with van der Waals surface area (Å²) < 4.78 is 0. The number of nitrogens with two attached hydrogens (primary N) is 1. The summed E-state index contributed by atoms with van der Waals surface area (Å²) in [7, 11) is 0. The molecule has 0 aromatic carbocycles. The summed E-state index contributed by atoms with van der Waals surface area (Å²) in [6, 6.07) is 0.594. The Kier molecular flexibility index (Phi) is 4.24. The first-order chi connectivity index (χ1) is 8.33. The number of hydrogen-bond acceptors (Lipinski definition) is 6. The van der Waals surface area contributed by atoms with E-state index < -0.39 is 0 Å². The minimum absolute atomic E-state index is 0.187. The predicted octanol–water partition coefficient (Wildman–Crippen LogP) is 0.109. The van der Waals surface area contributed by atoms with Gasteiger partial charge in [0.1, 0.15) is 0 Å². The first-order valence-electron chi connectivity index (χ1n) is 5.96. The normalized spacial score (nSPS) is 15.9. The molecule has 0 atom stereocenters. The van der Waals surface area contributed by atoms with Gasteiger partial charge >= 0.3 is 0 Å². The smallest absolute Gasteiger partial charge is 0.158 e. The lowest BCUT2D eigenvalue weighted by molar-refractivity contribution is 0.0932. The zero-order chi connectivity index (χ0) is 12.1. The maximum Gasteiger partial charge on any atom is 0.158 e. The molecule has 0 saturated heterocycles. The van der Waals surface area contributed by atoms with E-state index in [4.69, 9.17) is 10.9 Å². The SMILES string of the molecule is NNc1cnc(CN(CCO)C2CCC2)cn1. The first-order valence-corrected chi connectivity index (χ1v) is 5.96.